The van der Waals surface area contributed by atoms with Gasteiger partial charge in [-0.25, -0.2) is 0 Å². The van der Waals surface area contributed by atoms with Crippen LogP contribution >= 0.6 is 0 Å². The van der Waals surface area contributed by atoms with Crippen LogP contribution in [0.5, 0.6) is 0 Å². The van der Waals surface area contributed by atoms with Crippen molar-refractivity contribution in [3.63, 3.8) is 0 Å². The molecule has 4 N–H and O–H groups in total. The molecular formula is C9H16N4. The number of H-pyrrole nitrogens is 1. The van der Waals surface area contributed by atoms with E-state index in [0.717, 1.165) is 30.0 Å². The van der Waals surface area contributed by atoms with Crippen LogP contribution in [0.3, 0.4) is 0 Å². The molecule has 0 spiro atoms. The van der Waals surface area contributed by atoms with Crippen LogP contribution in [0.15, 0.2) is 0 Å². The summed E-state index contributed by atoms with van der Waals surface area (Å²) >= 11 is 0. The van der Waals surface area contributed by atoms with E-state index in [4.69, 9.17) is 5.73 Å². The maximum Gasteiger partial charge on any atom is 0.102 e. The van der Waals surface area contributed by atoms with Gasteiger partial charge < -0.3 is 11.1 Å². The first-order valence-corrected chi connectivity index (χ1v) is 4.83. The minimum Gasteiger partial charge on any atom is -0.396 e. The second kappa shape index (κ2) is 3.38. The van der Waals surface area contributed by atoms with Crippen LogP contribution in [0.4, 0.5) is 5.69 Å². The molecule has 0 saturated carbocycles. The van der Waals surface area contributed by atoms with Gasteiger partial charge in [-0.2, -0.15) is 5.10 Å². The third kappa shape index (κ3) is 1.54. The van der Waals surface area contributed by atoms with Gasteiger partial charge in [-0.15, -0.1) is 0 Å². The minimum atomic E-state index is 0.360. The van der Waals surface area contributed by atoms with Crippen molar-refractivity contribution in [2.24, 2.45) is 0 Å². The summed E-state index contributed by atoms with van der Waals surface area (Å²) in [7, 11) is 0. The molecule has 0 radical (unpaired) electrons. The molecule has 1 atom stereocenters. The molecule has 1 fully saturated rings. The van der Waals surface area contributed by atoms with E-state index in [1.807, 2.05) is 6.92 Å². The van der Waals surface area contributed by atoms with E-state index in [2.05, 4.69) is 15.5 Å². The van der Waals surface area contributed by atoms with E-state index in [9.17, 15) is 0 Å². The topological polar surface area (TPSA) is 66.7 Å². The maximum atomic E-state index is 5.90. The molecule has 72 valence electrons. The molecule has 1 aliphatic rings. The largest absolute Gasteiger partial charge is 0.396 e. The SMILES string of the molecule is Cc1[nH]nc(C2CCCCN2)c1N. The predicted octanol–water partition coefficient (Wildman–Crippen LogP) is 1.11. The second-order valence-electron chi connectivity index (χ2n) is 3.65. The van der Waals surface area contributed by atoms with Gasteiger partial charge in [-0.3, -0.25) is 5.10 Å². The number of rotatable bonds is 1. The zero-order valence-electron chi connectivity index (χ0n) is 7.93. The predicted molar refractivity (Wildman–Crippen MR) is 52.3 cm³/mol. The molecule has 0 bridgehead atoms. The third-order valence-electron chi connectivity index (χ3n) is 2.66. The third-order valence-corrected chi connectivity index (χ3v) is 2.66. The fourth-order valence-electron chi connectivity index (χ4n) is 1.81. The summed E-state index contributed by atoms with van der Waals surface area (Å²) in [6.07, 6.45) is 3.68. The van der Waals surface area contributed by atoms with E-state index >= 15 is 0 Å². The summed E-state index contributed by atoms with van der Waals surface area (Å²) in [5, 5.41) is 10.6. The number of aryl methyl sites for hydroxylation is 1. The number of hydrogen-bond acceptors (Lipinski definition) is 3. The first-order chi connectivity index (χ1) is 6.29. The van der Waals surface area contributed by atoms with Crippen molar-refractivity contribution in [1.82, 2.24) is 15.5 Å². The molecule has 2 heterocycles. The Morgan fingerprint density at radius 3 is 2.85 bits per heavy atom. The Hall–Kier alpha value is -1.03. The zero-order valence-corrected chi connectivity index (χ0v) is 7.93. The van der Waals surface area contributed by atoms with Crippen molar-refractivity contribution in [3.05, 3.63) is 11.4 Å². The van der Waals surface area contributed by atoms with Gasteiger partial charge in [0.05, 0.1) is 17.4 Å². The van der Waals surface area contributed by atoms with Crippen molar-refractivity contribution >= 4 is 5.69 Å². The number of anilines is 1. The van der Waals surface area contributed by atoms with Crippen molar-refractivity contribution in [2.75, 3.05) is 12.3 Å². The average molecular weight is 180 g/mol. The summed E-state index contributed by atoms with van der Waals surface area (Å²) < 4.78 is 0. The highest BCUT2D eigenvalue weighted by atomic mass is 15.2. The van der Waals surface area contributed by atoms with E-state index in [1.54, 1.807) is 0 Å². The number of aromatic nitrogens is 2. The van der Waals surface area contributed by atoms with Crippen molar-refractivity contribution < 1.29 is 0 Å². The van der Waals surface area contributed by atoms with E-state index < -0.39 is 0 Å². The van der Waals surface area contributed by atoms with Crippen molar-refractivity contribution in [1.29, 1.82) is 0 Å². The van der Waals surface area contributed by atoms with E-state index in [-0.39, 0.29) is 0 Å². The highest BCUT2D eigenvalue weighted by molar-refractivity contribution is 5.48. The van der Waals surface area contributed by atoms with Gasteiger partial charge in [0.15, 0.2) is 0 Å². The lowest BCUT2D eigenvalue weighted by Crippen LogP contribution is -2.27. The number of piperidine rings is 1. The maximum absolute atomic E-state index is 5.90. The van der Waals surface area contributed by atoms with Crippen LogP contribution in [0.25, 0.3) is 0 Å². The Labute approximate surface area is 77.9 Å². The molecule has 13 heavy (non-hydrogen) atoms. The summed E-state index contributed by atoms with van der Waals surface area (Å²) in [5.41, 5.74) is 8.69. The van der Waals surface area contributed by atoms with E-state index in [0.29, 0.717) is 6.04 Å². The summed E-state index contributed by atoms with van der Waals surface area (Å²) in [5.74, 6) is 0. The molecule has 0 aromatic carbocycles. The molecular weight excluding hydrogens is 164 g/mol. The van der Waals surface area contributed by atoms with Crippen LogP contribution in [-0.4, -0.2) is 16.7 Å². The van der Waals surface area contributed by atoms with Gasteiger partial charge >= 0.3 is 0 Å². The zero-order chi connectivity index (χ0) is 9.26. The molecule has 0 aliphatic carbocycles. The fourth-order valence-corrected chi connectivity index (χ4v) is 1.81. The van der Waals surface area contributed by atoms with Gasteiger partial charge in [0.2, 0.25) is 0 Å². The average Bonchev–Trinajstić information content (AvgIpc) is 2.49. The summed E-state index contributed by atoms with van der Waals surface area (Å²) in [6.45, 7) is 3.03. The van der Waals surface area contributed by atoms with Crippen molar-refractivity contribution in [2.45, 2.75) is 32.2 Å². The first kappa shape index (κ1) is 8.56. The summed E-state index contributed by atoms with van der Waals surface area (Å²) in [4.78, 5) is 0. The number of nitrogen functional groups attached to an aromatic ring is 1. The number of aromatic amines is 1. The quantitative estimate of drug-likeness (QED) is 0.606. The van der Waals surface area contributed by atoms with E-state index in [1.165, 1.54) is 12.8 Å². The number of nitrogens with zero attached hydrogens (tertiary/aromatic N) is 1. The second-order valence-corrected chi connectivity index (χ2v) is 3.65. The molecule has 4 nitrogen and oxygen atoms in total. The smallest absolute Gasteiger partial charge is 0.102 e. The molecule has 4 heteroatoms. The number of hydrogen-bond donors (Lipinski definition) is 3. The Balaban J connectivity index is 2.18. The standard InChI is InChI=1S/C9H16N4/c1-6-8(10)9(13-12-6)7-4-2-3-5-11-7/h7,11H,2-5,10H2,1H3,(H,12,13). The molecule has 1 aliphatic heterocycles. The van der Waals surface area contributed by atoms with Crippen LogP contribution in [0.1, 0.15) is 36.7 Å². The van der Waals surface area contributed by atoms with Crippen LogP contribution in [0.2, 0.25) is 0 Å². The Morgan fingerprint density at radius 1 is 1.46 bits per heavy atom. The van der Waals surface area contributed by atoms with Crippen molar-refractivity contribution in [3.8, 4) is 0 Å². The lowest BCUT2D eigenvalue weighted by molar-refractivity contribution is 0.406. The molecule has 1 aromatic heterocycles. The fraction of sp³-hybridized carbons (Fsp3) is 0.667. The summed E-state index contributed by atoms with van der Waals surface area (Å²) in [6, 6.07) is 0.360. The lowest BCUT2D eigenvalue weighted by atomic mass is 10.0. The first-order valence-electron chi connectivity index (χ1n) is 4.83. The molecule has 0 amide bonds. The monoisotopic (exact) mass is 180 g/mol. The number of nitrogens with two attached hydrogens (primary N) is 1. The Morgan fingerprint density at radius 2 is 2.31 bits per heavy atom. The molecule has 1 unspecified atom stereocenters. The van der Waals surface area contributed by atoms with Gasteiger partial charge in [-0.05, 0) is 26.3 Å². The Kier molecular flexibility index (Phi) is 2.22. The lowest BCUT2D eigenvalue weighted by Gasteiger charge is -2.22. The Bertz CT molecular complexity index is 286. The highest BCUT2D eigenvalue weighted by Gasteiger charge is 2.20. The minimum absolute atomic E-state index is 0.360. The van der Waals surface area contributed by atoms with Gasteiger partial charge in [0, 0.05) is 0 Å². The molecule has 1 saturated heterocycles. The highest BCUT2D eigenvalue weighted by Crippen LogP contribution is 2.26. The van der Waals surface area contributed by atoms with Crippen LogP contribution < -0.4 is 11.1 Å². The van der Waals surface area contributed by atoms with Gasteiger partial charge in [0.1, 0.15) is 5.69 Å². The number of nitrogens with one attached hydrogen (secondary N) is 2. The molecule has 2 rings (SSSR count). The molecule has 1 aromatic rings. The van der Waals surface area contributed by atoms with Gasteiger partial charge in [-0.1, -0.05) is 6.42 Å². The van der Waals surface area contributed by atoms with Gasteiger partial charge in [0.25, 0.3) is 0 Å². The normalized spacial score (nSPS) is 23.3. The van der Waals surface area contributed by atoms with Crippen LogP contribution in [0, 0.1) is 6.92 Å². The van der Waals surface area contributed by atoms with Crippen LogP contribution in [-0.2, 0) is 0 Å².